The summed E-state index contributed by atoms with van der Waals surface area (Å²) in [6, 6.07) is 0. The molecule has 0 aliphatic heterocycles. The Kier molecular flexibility index (Phi) is 8.11. The van der Waals surface area contributed by atoms with Gasteiger partial charge in [0.15, 0.2) is 0 Å². The van der Waals surface area contributed by atoms with Crippen molar-refractivity contribution in [1.82, 2.24) is 0 Å². The molecule has 0 bridgehead atoms. The fourth-order valence-corrected chi connectivity index (χ4v) is 8.52. The van der Waals surface area contributed by atoms with Crippen molar-refractivity contribution in [2.24, 2.45) is 0 Å². The Morgan fingerprint density at radius 1 is 1.78 bits per heavy atom. The predicted molar refractivity (Wildman–Crippen MR) is 50.8 cm³/mol. The SMILES string of the molecule is C=C[S][Sn](=[S])[CH2]CCC. The van der Waals surface area contributed by atoms with E-state index < -0.39 is 16.4 Å². The van der Waals surface area contributed by atoms with Gasteiger partial charge in [0.1, 0.15) is 0 Å². The molecule has 0 atom stereocenters. The third-order valence-electron chi connectivity index (χ3n) is 0.949. The van der Waals surface area contributed by atoms with Gasteiger partial charge in [-0.05, 0) is 0 Å². The summed E-state index contributed by atoms with van der Waals surface area (Å²) >= 11 is -1.33. The average molecular weight is 267 g/mol. The number of hydrogen-bond acceptors (Lipinski definition) is 2. The van der Waals surface area contributed by atoms with Crippen LogP contribution < -0.4 is 0 Å². The van der Waals surface area contributed by atoms with Crippen molar-refractivity contribution in [2.75, 3.05) is 0 Å². The minimum atomic E-state index is -1.33. The van der Waals surface area contributed by atoms with E-state index in [1.54, 1.807) is 0 Å². The van der Waals surface area contributed by atoms with Crippen molar-refractivity contribution in [3.8, 4) is 0 Å². The van der Waals surface area contributed by atoms with Crippen LogP contribution in [0.5, 0.6) is 0 Å². The van der Waals surface area contributed by atoms with Crippen LogP contribution >= 0.6 is 18.2 Å². The second kappa shape index (κ2) is 7.22. The van der Waals surface area contributed by atoms with Gasteiger partial charge < -0.3 is 0 Å². The first kappa shape index (κ1) is 10.1. The van der Waals surface area contributed by atoms with E-state index >= 15 is 0 Å². The van der Waals surface area contributed by atoms with E-state index in [9.17, 15) is 0 Å². The zero-order valence-electron chi connectivity index (χ0n) is 5.72. The molecule has 0 nitrogen and oxygen atoms in total. The molecule has 0 rings (SSSR count). The van der Waals surface area contributed by atoms with Gasteiger partial charge in [-0.3, -0.25) is 0 Å². The molecule has 0 aromatic rings. The van der Waals surface area contributed by atoms with Crippen molar-refractivity contribution in [1.29, 1.82) is 0 Å². The summed E-state index contributed by atoms with van der Waals surface area (Å²) < 4.78 is 1.34. The molecule has 0 aliphatic rings. The molecule has 52 valence electrons. The maximum absolute atomic E-state index is 5.29. The van der Waals surface area contributed by atoms with E-state index in [-0.39, 0.29) is 0 Å². The van der Waals surface area contributed by atoms with Crippen LogP contribution in [-0.4, -0.2) is 16.4 Å². The van der Waals surface area contributed by atoms with Crippen molar-refractivity contribution in [3.05, 3.63) is 12.0 Å². The molecular formula is C6H12S2Sn. The Hall–Kier alpha value is 1.11. The van der Waals surface area contributed by atoms with Crippen molar-refractivity contribution in [2.45, 2.75) is 24.2 Å². The van der Waals surface area contributed by atoms with Crippen LogP contribution in [0.15, 0.2) is 12.0 Å². The summed E-state index contributed by atoms with van der Waals surface area (Å²) in [5, 5.41) is 1.91. The standard InChI is InChI=1S/C4H9.C2H4S.S.Sn/c1-3-4-2;1-2-3;;/h1,3-4H2,2H3;2-3H,1H2;;/q;;;+1/p-1. The average Bonchev–Trinajstić information content (AvgIpc) is 1.85. The Bertz CT molecular complexity index is 101. The molecule has 0 radical (unpaired) electrons. The summed E-state index contributed by atoms with van der Waals surface area (Å²) in [6.07, 6.45) is 2.62. The molecule has 0 heterocycles. The van der Waals surface area contributed by atoms with Crippen molar-refractivity contribution < 1.29 is 0 Å². The van der Waals surface area contributed by atoms with E-state index in [0.717, 1.165) is 0 Å². The first-order valence-corrected chi connectivity index (χ1v) is 13.4. The van der Waals surface area contributed by atoms with Crippen LogP contribution in [0.4, 0.5) is 0 Å². The zero-order valence-corrected chi connectivity index (χ0v) is 10.2. The first-order valence-electron chi connectivity index (χ1n) is 3.11. The molecule has 0 aliphatic carbocycles. The van der Waals surface area contributed by atoms with E-state index in [0.29, 0.717) is 0 Å². The third kappa shape index (κ3) is 7.00. The molecule has 0 aromatic heterocycles. The van der Waals surface area contributed by atoms with Gasteiger partial charge in [-0.1, -0.05) is 0 Å². The molecule has 0 spiro atoms. The van der Waals surface area contributed by atoms with E-state index in [2.05, 4.69) is 13.5 Å². The second-order valence-electron chi connectivity index (χ2n) is 1.76. The van der Waals surface area contributed by atoms with E-state index in [1.807, 2.05) is 14.4 Å². The van der Waals surface area contributed by atoms with Gasteiger partial charge in [0.2, 0.25) is 0 Å². The van der Waals surface area contributed by atoms with Crippen LogP contribution in [0.1, 0.15) is 19.8 Å². The van der Waals surface area contributed by atoms with Gasteiger partial charge in [0, 0.05) is 0 Å². The van der Waals surface area contributed by atoms with Gasteiger partial charge in [0.05, 0.1) is 0 Å². The Morgan fingerprint density at radius 2 is 2.44 bits per heavy atom. The summed E-state index contributed by atoms with van der Waals surface area (Å²) in [6.45, 7) is 5.87. The summed E-state index contributed by atoms with van der Waals surface area (Å²) in [5.41, 5.74) is 0. The van der Waals surface area contributed by atoms with Crippen LogP contribution in [-0.2, 0) is 0 Å². The quantitative estimate of drug-likeness (QED) is 0.700. The monoisotopic (exact) mass is 268 g/mol. The van der Waals surface area contributed by atoms with Crippen molar-refractivity contribution >= 4 is 34.7 Å². The van der Waals surface area contributed by atoms with Crippen molar-refractivity contribution in [3.63, 3.8) is 0 Å². The number of unbranched alkanes of at least 4 members (excludes halogenated alkanes) is 1. The fraction of sp³-hybridized carbons (Fsp3) is 0.667. The van der Waals surface area contributed by atoms with Gasteiger partial charge in [-0.25, -0.2) is 0 Å². The molecule has 0 amide bonds. The van der Waals surface area contributed by atoms with Crippen LogP contribution in [0, 0.1) is 0 Å². The molecule has 0 saturated carbocycles. The molecule has 3 heteroatoms. The van der Waals surface area contributed by atoms with E-state index in [1.165, 1.54) is 17.3 Å². The zero-order chi connectivity index (χ0) is 7.11. The van der Waals surface area contributed by atoms with Crippen LogP contribution in [0.3, 0.4) is 0 Å². The Balaban J connectivity index is 3.16. The van der Waals surface area contributed by atoms with Gasteiger partial charge >= 0.3 is 70.9 Å². The summed E-state index contributed by atoms with van der Waals surface area (Å²) in [4.78, 5) is 0. The Morgan fingerprint density at radius 3 is 2.89 bits per heavy atom. The summed E-state index contributed by atoms with van der Waals surface area (Å²) in [7, 11) is 7.14. The maximum atomic E-state index is 5.29. The number of rotatable bonds is 5. The topological polar surface area (TPSA) is 0 Å². The minimum absolute atomic E-state index is 1.29. The second-order valence-corrected chi connectivity index (χ2v) is 16.2. The molecule has 9 heavy (non-hydrogen) atoms. The van der Waals surface area contributed by atoms with Gasteiger partial charge in [0.25, 0.3) is 0 Å². The molecule has 0 N–H and O–H groups in total. The normalized spacial score (nSPS) is 9.00. The van der Waals surface area contributed by atoms with E-state index in [4.69, 9.17) is 9.29 Å². The third-order valence-corrected chi connectivity index (χ3v) is 11.9. The van der Waals surface area contributed by atoms with Gasteiger partial charge in [-0.2, -0.15) is 0 Å². The van der Waals surface area contributed by atoms with Crippen LogP contribution in [0.25, 0.3) is 0 Å². The van der Waals surface area contributed by atoms with Crippen LogP contribution in [0.2, 0.25) is 4.44 Å². The number of hydrogen-bond donors (Lipinski definition) is 0. The first-order chi connectivity index (χ1) is 4.31. The Labute approximate surface area is 70.5 Å². The fourth-order valence-electron chi connectivity index (χ4n) is 0.473. The summed E-state index contributed by atoms with van der Waals surface area (Å²) in [5.74, 6) is 0. The molecule has 0 aromatic carbocycles. The molecule has 0 fully saturated rings. The molecule has 0 saturated heterocycles. The molecular weight excluding hydrogens is 255 g/mol. The molecule has 0 unspecified atom stereocenters. The van der Waals surface area contributed by atoms with Gasteiger partial charge in [-0.15, -0.1) is 0 Å². The predicted octanol–water partition coefficient (Wildman–Crippen LogP) is 3.35.